The summed E-state index contributed by atoms with van der Waals surface area (Å²) in [5.41, 5.74) is 1.43. The third-order valence-corrected chi connectivity index (χ3v) is 3.83. The van der Waals surface area contributed by atoms with Crippen molar-refractivity contribution in [3.63, 3.8) is 0 Å². The number of hydrogen-bond donors (Lipinski definition) is 0. The third-order valence-electron chi connectivity index (χ3n) is 3.14. The monoisotopic (exact) mass is 374 g/mol. The molecule has 0 heterocycles. The van der Waals surface area contributed by atoms with Crippen LogP contribution in [0, 0.1) is 0 Å². The molecule has 0 aliphatic carbocycles. The molecule has 2 aromatic carbocycles. The molecule has 0 saturated heterocycles. The van der Waals surface area contributed by atoms with Gasteiger partial charge in [-0.1, -0.05) is 40.2 Å². The van der Waals surface area contributed by atoms with Gasteiger partial charge in [0, 0.05) is 15.6 Å². The van der Waals surface area contributed by atoms with E-state index in [1.54, 1.807) is 25.3 Å². The average Bonchev–Trinajstić information content (AvgIpc) is 2.53. The Morgan fingerprint density at radius 1 is 1.13 bits per heavy atom. The fourth-order valence-corrected chi connectivity index (χ4v) is 2.58. The number of allylic oxidation sites excluding steroid dienone is 1. The topological polar surface area (TPSA) is 35.5 Å². The predicted octanol–water partition coefficient (Wildman–Crippen LogP) is 5.14. The number of halogens is 1. The van der Waals surface area contributed by atoms with E-state index in [0.29, 0.717) is 17.1 Å². The van der Waals surface area contributed by atoms with E-state index in [1.807, 2.05) is 50.2 Å². The lowest BCUT2D eigenvalue weighted by Crippen LogP contribution is -2.08. The molecule has 2 rings (SSSR count). The standard InChI is InChI=1S/C19H19BrO3/c1-13(2)23-19-14(7-6-10-18(19)22-3)11-12-17(21)15-8-4-5-9-16(15)20/h4-13H,1-3H3/b12-11+. The first-order chi connectivity index (χ1) is 11.0. The van der Waals surface area contributed by atoms with Gasteiger partial charge >= 0.3 is 0 Å². The Labute approximate surface area is 145 Å². The molecule has 0 saturated carbocycles. The number of carbonyl (C=O) groups excluding carboxylic acids is 1. The van der Waals surface area contributed by atoms with E-state index < -0.39 is 0 Å². The van der Waals surface area contributed by atoms with Gasteiger partial charge in [-0.05, 0) is 44.2 Å². The number of para-hydroxylation sites is 1. The Morgan fingerprint density at radius 2 is 1.87 bits per heavy atom. The molecule has 0 atom stereocenters. The van der Waals surface area contributed by atoms with Crippen LogP contribution in [0.5, 0.6) is 11.5 Å². The summed E-state index contributed by atoms with van der Waals surface area (Å²) in [6, 6.07) is 12.9. The Kier molecular flexibility index (Phi) is 5.99. The third kappa shape index (κ3) is 4.45. The largest absolute Gasteiger partial charge is 0.493 e. The highest BCUT2D eigenvalue weighted by molar-refractivity contribution is 9.10. The van der Waals surface area contributed by atoms with Gasteiger partial charge in [0.05, 0.1) is 13.2 Å². The molecule has 23 heavy (non-hydrogen) atoms. The number of benzene rings is 2. The molecule has 2 aromatic rings. The van der Waals surface area contributed by atoms with E-state index in [2.05, 4.69) is 15.9 Å². The fraction of sp³-hybridized carbons (Fsp3) is 0.211. The van der Waals surface area contributed by atoms with Crippen LogP contribution in [0.4, 0.5) is 0 Å². The summed E-state index contributed by atoms with van der Waals surface area (Å²) in [4.78, 5) is 12.3. The Bertz CT molecular complexity index is 720. The van der Waals surface area contributed by atoms with E-state index in [4.69, 9.17) is 9.47 Å². The molecule has 0 amide bonds. The van der Waals surface area contributed by atoms with Gasteiger partial charge in [0.25, 0.3) is 0 Å². The van der Waals surface area contributed by atoms with Crippen LogP contribution in [0.15, 0.2) is 53.0 Å². The van der Waals surface area contributed by atoms with Crippen molar-refractivity contribution in [1.29, 1.82) is 0 Å². The van der Waals surface area contributed by atoms with E-state index in [0.717, 1.165) is 10.0 Å². The molecular weight excluding hydrogens is 356 g/mol. The normalized spacial score (nSPS) is 11.0. The van der Waals surface area contributed by atoms with Crippen molar-refractivity contribution in [1.82, 2.24) is 0 Å². The molecule has 0 aromatic heterocycles. The highest BCUT2D eigenvalue weighted by Crippen LogP contribution is 2.33. The summed E-state index contributed by atoms with van der Waals surface area (Å²) >= 11 is 3.39. The first kappa shape index (κ1) is 17.3. The zero-order valence-corrected chi connectivity index (χ0v) is 15.0. The SMILES string of the molecule is COc1cccc(/C=C/C(=O)c2ccccc2Br)c1OC(C)C. The first-order valence-electron chi connectivity index (χ1n) is 7.33. The van der Waals surface area contributed by atoms with Crippen molar-refractivity contribution in [2.45, 2.75) is 20.0 Å². The lowest BCUT2D eigenvalue weighted by Gasteiger charge is -2.15. The highest BCUT2D eigenvalue weighted by atomic mass is 79.9. The van der Waals surface area contributed by atoms with Gasteiger partial charge in [-0.3, -0.25) is 4.79 Å². The molecule has 4 heteroatoms. The van der Waals surface area contributed by atoms with Gasteiger partial charge < -0.3 is 9.47 Å². The van der Waals surface area contributed by atoms with Gasteiger partial charge in [0.2, 0.25) is 0 Å². The lowest BCUT2D eigenvalue weighted by atomic mass is 10.1. The molecule has 3 nitrogen and oxygen atoms in total. The van der Waals surface area contributed by atoms with Gasteiger partial charge in [-0.15, -0.1) is 0 Å². The number of rotatable bonds is 6. The minimum Gasteiger partial charge on any atom is -0.493 e. The van der Waals surface area contributed by atoms with Crippen LogP contribution in [-0.4, -0.2) is 19.0 Å². The molecule has 120 valence electrons. The molecule has 0 N–H and O–H groups in total. The van der Waals surface area contributed by atoms with Crippen LogP contribution in [0.2, 0.25) is 0 Å². The van der Waals surface area contributed by atoms with Crippen molar-refractivity contribution in [3.8, 4) is 11.5 Å². The van der Waals surface area contributed by atoms with Crippen LogP contribution in [0.3, 0.4) is 0 Å². The Balaban J connectivity index is 2.32. The smallest absolute Gasteiger partial charge is 0.186 e. The van der Waals surface area contributed by atoms with E-state index >= 15 is 0 Å². The molecule has 0 spiro atoms. The van der Waals surface area contributed by atoms with Crippen LogP contribution in [0.25, 0.3) is 6.08 Å². The minimum atomic E-state index is -0.0733. The predicted molar refractivity (Wildman–Crippen MR) is 96.3 cm³/mol. The minimum absolute atomic E-state index is 0.0115. The van der Waals surface area contributed by atoms with Crippen LogP contribution in [-0.2, 0) is 0 Å². The molecule has 0 radical (unpaired) electrons. The van der Waals surface area contributed by atoms with Gasteiger partial charge in [0.15, 0.2) is 17.3 Å². The van der Waals surface area contributed by atoms with Crippen molar-refractivity contribution >= 4 is 27.8 Å². The number of methoxy groups -OCH3 is 1. The zero-order chi connectivity index (χ0) is 16.8. The maximum atomic E-state index is 12.3. The Hall–Kier alpha value is -2.07. The second-order valence-electron chi connectivity index (χ2n) is 5.22. The van der Waals surface area contributed by atoms with Crippen LogP contribution >= 0.6 is 15.9 Å². The first-order valence-corrected chi connectivity index (χ1v) is 8.13. The highest BCUT2D eigenvalue weighted by Gasteiger charge is 2.11. The summed E-state index contributed by atoms with van der Waals surface area (Å²) < 4.78 is 12.0. The molecule has 0 bridgehead atoms. The number of carbonyl (C=O) groups is 1. The van der Waals surface area contributed by atoms with Gasteiger partial charge in [0.1, 0.15) is 0 Å². The Morgan fingerprint density at radius 3 is 2.52 bits per heavy atom. The summed E-state index contributed by atoms with van der Waals surface area (Å²) in [6.45, 7) is 3.90. The molecule has 0 aliphatic heterocycles. The molecular formula is C19H19BrO3. The van der Waals surface area contributed by atoms with Crippen molar-refractivity contribution < 1.29 is 14.3 Å². The second kappa shape index (κ2) is 7.97. The van der Waals surface area contributed by atoms with Crippen LogP contribution in [0.1, 0.15) is 29.8 Å². The van der Waals surface area contributed by atoms with E-state index in [9.17, 15) is 4.79 Å². The average molecular weight is 375 g/mol. The van der Waals surface area contributed by atoms with E-state index in [1.165, 1.54) is 0 Å². The number of ether oxygens (including phenoxy) is 2. The molecule has 0 fully saturated rings. The summed E-state index contributed by atoms with van der Waals surface area (Å²) in [5, 5.41) is 0. The maximum Gasteiger partial charge on any atom is 0.186 e. The quantitative estimate of drug-likeness (QED) is 0.518. The lowest BCUT2D eigenvalue weighted by molar-refractivity contribution is 0.104. The molecule has 0 aliphatic rings. The number of ketones is 1. The number of hydrogen-bond acceptors (Lipinski definition) is 3. The van der Waals surface area contributed by atoms with Crippen molar-refractivity contribution in [2.75, 3.05) is 7.11 Å². The van der Waals surface area contributed by atoms with Gasteiger partial charge in [-0.25, -0.2) is 0 Å². The van der Waals surface area contributed by atoms with Crippen molar-refractivity contribution in [3.05, 3.63) is 64.1 Å². The fourth-order valence-electron chi connectivity index (χ4n) is 2.10. The summed E-state index contributed by atoms with van der Waals surface area (Å²) in [7, 11) is 1.60. The second-order valence-corrected chi connectivity index (χ2v) is 6.08. The maximum absolute atomic E-state index is 12.3. The molecule has 0 unspecified atom stereocenters. The van der Waals surface area contributed by atoms with E-state index in [-0.39, 0.29) is 11.9 Å². The van der Waals surface area contributed by atoms with Gasteiger partial charge in [-0.2, -0.15) is 0 Å². The summed E-state index contributed by atoms with van der Waals surface area (Å²) in [5.74, 6) is 1.21. The zero-order valence-electron chi connectivity index (χ0n) is 13.4. The van der Waals surface area contributed by atoms with Crippen molar-refractivity contribution in [2.24, 2.45) is 0 Å². The van der Waals surface area contributed by atoms with Crippen LogP contribution < -0.4 is 9.47 Å². The summed E-state index contributed by atoms with van der Waals surface area (Å²) in [6.07, 6.45) is 3.31.